The Kier molecular flexibility index (Phi) is 6.26. The van der Waals surface area contributed by atoms with E-state index in [0.717, 1.165) is 44.2 Å². The molecule has 1 unspecified atom stereocenters. The molecule has 1 heterocycles. The molecule has 0 spiro atoms. The van der Waals surface area contributed by atoms with Gasteiger partial charge in [0.25, 0.3) is 0 Å². The lowest BCUT2D eigenvalue weighted by atomic mass is 10.2. The number of nitrogens with zero attached hydrogens (tertiary/aromatic N) is 1. The molecule has 0 saturated carbocycles. The summed E-state index contributed by atoms with van der Waals surface area (Å²) >= 11 is 0. The summed E-state index contributed by atoms with van der Waals surface area (Å²) in [6.07, 6.45) is -0.348. The van der Waals surface area contributed by atoms with Crippen molar-refractivity contribution in [3.63, 3.8) is 0 Å². The highest BCUT2D eigenvalue weighted by Crippen LogP contribution is 2.12. The molecule has 1 aromatic rings. The van der Waals surface area contributed by atoms with Crippen molar-refractivity contribution in [2.24, 2.45) is 0 Å². The maximum Gasteiger partial charge on any atom is 0.119 e. The lowest BCUT2D eigenvalue weighted by Crippen LogP contribution is -2.43. The van der Waals surface area contributed by atoms with Gasteiger partial charge >= 0.3 is 0 Å². The van der Waals surface area contributed by atoms with Gasteiger partial charge in [-0.05, 0) is 17.7 Å². The molecule has 2 N–H and O–H groups in total. The highest BCUT2D eigenvalue weighted by Gasteiger charge is 2.14. The summed E-state index contributed by atoms with van der Waals surface area (Å²) in [6, 6.07) is 7.95. The second kappa shape index (κ2) is 8.21. The van der Waals surface area contributed by atoms with Gasteiger partial charge in [0.1, 0.15) is 5.75 Å². The predicted octanol–water partition coefficient (Wildman–Crippen LogP) is 0.478. The van der Waals surface area contributed by atoms with Gasteiger partial charge in [-0.3, -0.25) is 4.90 Å². The Morgan fingerprint density at radius 1 is 1.40 bits per heavy atom. The minimum Gasteiger partial charge on any atom is -0.497 e. The fraction of sp³-hybridized carbons (Fsp3) is 0.600. The van der Waals surface area contributed by atoms with Gasteiger partial charge in [0.2, 0.25) is 0 Å². The topological polar surface area (TPSA) is 54.0 Å². The van der Waals surface area contributed by atoms with Crippen molar-refractivity contribution in [1.82, 2.24) is 10.2 Å². The number of rotatable bonds is 7. The van der Waals surface area contributed by atoms with Crippen LogP contribution in [0, 0.1) is 0 Å². The summed E-state index contributed by atoms with van der Waals surface area (Å²) in [5, 5.41) is 13.3. The average molecular weight is 280 g/mol. The van der Waals surface area contributed by atoms with Crippen LogP contribution in [0.3, 0.4) is 0 Å². The van der Waals surface area contributed by atoms with E-state index in [-0.39, 0.29) is 6.10 Å². The molecule has 20 heavy (non-hydrogen) atoms. The Hall–Kier alpha value is -1.14. The second-order valence-corrected chi connectivity index (χ2v) is 5.05. The van der Waals surface area contributed by atoms with Crippen LogP contribution in [0.15, 0.2) is 24.3 Å². The van der Waals surface area contributed by atoms with Crippen LogP contribution in [0.5, 0.6) is 5.75 Å². The molecule has 5 nitrogen and oxygen atoms in total. The lowest BCUT2D eigenvalue weighted by Gasteiger charge is -2.28. The summed E-state index contributed by atoms with van der Waals surface area (Å²) in [7, 11) is 1.67. The third-order valence-corrected chi connectivity index (χ3v) is 3.42. The molecular formula is C15H24N2O3. The van der Waals surface area contributed by atoms with Gasteiger partial charge in [0.05, 0.1) is 26.4 Å². The van der Waals surface area contributed by atoms with Gasteiger partial charge in [-0.25, -0.2) is 0 Å². The predicted molar refractivity (Wildman–Crippen MR) is 78.0 cm³/mol. The smallest absolute Gasteiger partial charge is 0.119 e. The van der Waals surface area contributed by atoms with Crippen molar-refractivity contribution in [1.29, 1.82) is 0 Å². The second-order valence-electron chi connectivity index (χ2n) is 5.05. The SMILES string of the molecule is COc1cccc(CNCC(O)CN2CCOCC2)c1. The summed E-state index contributed by atoms with van der Waals surface area (Å²) in [5.41, 5.74) is 1.16. The standard InChI is InChI=1S/C15H24N2O3/c1-19-15-4-2-3-13(9-15)10-16-11-14(18)12-17-5-7-20-8-6-17/h2-4,9,14,16,18H,5-8,10-12H2,1H3. The monoisotopic (exact) mass is 280 g/mol. The molecule has 0 aromatic heterocycles. The average Bonchev–Trinajstić information content (AvgIpc) is 2.48. The molecule has 5 heteroatoms. The van der Waals surface area contributed by atoms with E-state index in [4.69, 9.17) is 9.47 Å². The number of aliphatic hydroxyl groups is 1. The number of β-amino-alcohol motifs (C(OH)–C–C–N with tert-alkyl or cyclic N) is 1. The molecular weight excluding hydrogens is 256 g/mol. The van der Waals surface area contributed by atoms with Crippen LogP contribution in [0.4, 0.5) is 0 Å². The molecule has 0 aliphatic carbocycles. The molecule has 1 fully saturated rings. The molecule has 2 rings (SSSR count). The van der Waals surface area contributed by atoms with Gasteiger partial charge in [-0.15, -0.1) is 0 Å². The maximum atomic E-state index is 10.0. The fourth-order valence-electron chi connectivity index (χ4n) is 2.31. The highest BCUT2D eigenvalue weighted by molar-refractivity contribution is 5.28. The first-order valence-electron chi connectivity index (χ1n) is 7.10. The number of benzene rings is 1. The Morgan fingerprint density at radius 3 is 2.95 bits per heavy atom. The van der Waals surface area contributed by atoms with E-state index in [1.165, 1.54) is 0 Å². The summed E-state index contributed by atoms with van der Waals surface area (Å²) in [5.74, 6) is 0.859. The first-order chi connectivity index (χ1) is 9.78. The Morgan fingerprint density at radius 2 is 2.20 bits per heavy atom. The fourth-order valence-corrected chi connectivity index (χ4v) is 2.31. The number of hydrogen-bond donors (Lipinski definition) is 2. The van der Waals surface area contributed by atoms with Crippen LogP contribution in [0.2, 0.25) is 0 Å². The van der Waals surface area contributed by atoms with E-state index in [2.05, 4.69) is 10.2 Å². The molecule has 1 aliphatic rings. The number of hydrogen-bond acceptors (Lipinski definition) is 5. The molecule has 112 valence electrons. The Labute approximate surface area is 120 Å². The molecule has 0 radical (unpaired) electrons. The van der Waals surface area contributed by atoms with Gasteiger partial charge < -0.3 is 19.9 Å². The normalized spacial score (nSPS) is 17.9. The zero-order chi connectivity index (χ0) is 14.2. The highest BCUT2D eigenvalue weighted by atomic mass is 16.5. The van der Waals surface area contributed by atoms with Crippen molar-refractivity contribution >= 4 is 0 Å². The van der Waals surface area contributed by atoms with Crippen molar-refractivity contribution in [2.75, 3.05) is 46.5 Å². The number of methoxy groups -OCH3 is 1. The Bertz CT molecular complexity index is 394. The minimum absolute atomic E-state index is 0.348. The molecule has 0 amide bonds. The number of aliphatic hydroxyl groups excluding tert-OH is 1. The van der Waals surface area contributed by atoms with Gasteiger partial charge in [0.15, 0.2) is 0 Å². The first-order valence-corrected chi connectivity index (χ1v) is 7.10. The van der Waals surface area contributed by atoms with E-state index < -0.39 is 0 Å². The lowest BCUT2D eigenvalue weighted by molar-refractivity contribution is 0.0149. The van der Waals surface area contributed by atoms with E-state index in [9.17, 15) is 5.11 Å². The largest absolute Gasteiger partial charge is 0.497 e. The van der Waals surface area contributed by atoms with Gasteiger partial charge in [-0.1, -0.05) is 12.1 Å². The van der Waals surface area contributed by atoms with Crippen molar-refractivity contribution < 1.29 is 14.6 Å². The van der Waals surface area contributed by atoms with Crippen LogP contribution in [0.1, 0.15) is 5.56 Å². The summed E-state index contributed by atoms with van der Waals surface area (Å²) in [4.78, 5) is 2.24. The van der Waals surface area contributed by atoms with Crippen molar-refractivity contribution in [3.05, 3.63) is 29.8 Å². The quantitative estimate of drug-likeness (QED) is 0.761. The Balaban J connectivity index is 1.66. The first kappa shape index (κ1) is 15.3. The van der Waals surface area contributed by atoms with E-state index in [1.807, 2.05) is 24.3 Å². The zero-order valence-electron chi connectivity index (χ0n) is 12.0. The number of nitrogens with one attached hydrogen (secondary N) is 1. The zero-order valence-corrected chi connectivity index (χ0v) is 12.0. The molecule has 1 aromatic carbocycles. The van der Waals surface area contributed by atoms with Crippen LogP contribution in [0.25, 0.3) is 0 Å². The summed E-state index contributed by atoms with van der Waals surface area (Å²) < 4.78 is 10.5. The third kappa shape index (κ3) is 5.09. The van der Waals surface area contributed by atoms with Crippen LogP contribution >= 0.6 is 0 Å². The third-order valence-electron chi connectivity index (χ3n) is 3.42. The van der Waals surface area contributed by atoms with E-state index in [1.54, 1.807) is 7.11 Å². The van der Waals surface area contributed by atoms with E-state index in [0.29, 0.717) is 13.1 Å². The van der Waals surface area contributed by atoms with Crippen LogP contribution in [-0.2, 0) is 11.3 Å². The molecule has 1 aliphatic heterocycles. The maximum absolute atomic E-state index is 10.0. The molecule has 1 atom stereocenters. The van der Waals surface area contributed by atoms with Gasteiger partial charge in [-0.2, -0.15) is 0 Å². The van der Waals surface area contributed by atoms with Crippen LogP contribution < -0.4 is 10.1 Å². The number of morpholine rings is 1. The van der Waals surface area contributed by atoms with Gasteiger partial charge in [0, 0.05) is 32.7 Å². The van der Waals surface area contributed by atoms with Crippen molar-refractivity contribution in [3.8, 4) is 5.75 Å². The van der Waals surface area contributed by atoms with Crippen molar-refractivity contribution in [2.45, 2.75) is 12.6 Å². The minimum atomic E-state index is -0.348. The molecule has 1 saturated heterocycles. The number of ether oxygens (including phenoxy) is 2. The van der Waals surface area contributed by atoms with Crippen LogP contribution in [-0.4, -0.2) is 62.6 Å². The van der Waals surface area contributed by atoms with E-state index >= 15 is 0 Å². The summed E-state index contributed by atoms with van der Waals surface area (Å²) in [6.45, 7) is 5.38. The molecule has 0 bridgehead atoms.